The molecule has 3 nitrogen and oxygen atoms in total. The van der Waals surface area contributed by atoms with Crippen molar-refractivity contribution in [2.75, 3.05) is 0 Å². The molecule has 3 heteroatoms. The molecule has 14 rings (SSSR count). The quantitative estimate of drug-likeness (QED) is 0.162. The summed E-state index contributed by atoms with van der Waals surface area (Å²) < 4.78 is 2.37. The first-order chi connectivity index (χ1) is 33.2. The Balaban J connectivity index is 0.739. The fourth-order valence-corrected chi connectivity index (χ4v) is 10.6. The summed E-state index contributed by atoms with van der Waals surface area (Å²) in [6, 6.07) is 82.6. The van der Waals surface area contributed by atoms with Crippen LogP contribution >= 0.6 is 0 Å². The van der Waals surface area contributed by atoms with Gasteiger partial charge in [-0.1, -0.05) is 152 Å². The fraction of sp³-hybridized carbons (Fsp3) is 0. The van der Waals surface area contributed by atoms with Crippen molar-refractivity contribution in [2.24, 2.45) is 0 Å². The third-order valence-corrected chi connectivity index (χ3v) is 14.0. The normalized spacial score (nSPS) is 11.9. The van der Waals surface area contributed by atoms with Crippen LogP contribution < -0.4 is 0 Å². The molecule has 0 saturated carbocycles. The van der Waals surface area contributed by atoms with Gasteiger partial charge in [0.25, 0.3) is 0 Å². The van der Waals surface area contributed by atoms with Gasteiger partial charge in [0.2, 0.25) is 0 Å². The lowest BCUT2D eigenvalue weighted by Gasteiger charge is -2.12. The van der Waals surface area contributed by atoms with Crippen molar-refractivity contribution in [1.29, 1.82) is 0 Å². The summed E-state index contributed by atoms with van der Waals surface area (Å²) in [5.74, 6) is 0. The molecule has 0 N–H and O–H groups in total. The lowest BCUT2D eigenvalue weighted by Crippen LogP contribution is -1.92. The molecule has 0 radical (unpaired) electrons. The van der Waals surface area contributed by atoms with Crippen molar-refractivity contribution in [2.45, 2.75) is 0 Å². The van der Waals surface area contributed by atoms with Crippen molar-refractivity contribution in [1.82, 2.24) is 14.5 Å². The predicted octanol–water partition coefficient (Wildman–Crippen LogP) is 17.2. The monoisotopic (exact) mass is 849 g/mol. The minimum Gasteiger partial charge on any atom is -0.309 e. The maximum atomic E-state index is 4.74. The number of hydrogen-bond acceptors (Lipinski definition) is 2. The molecule has 0 atom stereocenters. The Morgan fingerprint density at radius 1 is 0.239 bits per heavy atom. The number of benzene rings is 12. The molecule has 12 aromatic carbocycles. The summed E-state index contributed by atoms with van der Waals surface area (Å²) in [5, 5.41) is 14.5. The number of hydrogen-bond donors (Lipinski definition) is 0. The van der Waals surface area contributed by atoms with Crippen LogP contribution in [0.3, 0.4) is 0 Å². The Morgan fingerprint density at radius 2 is 0.597 bits per heavy atom. The van der Waals surface area contributed by atoms with Crippen LogP contribution in [0.4, 0.5) is 0 Å². The van der Waals surface area contributed by atoms with Crippen LogP contribution in [0.2, 0.25) is 0 Å². The van der Waals surface area contributed by atoms with Crippen LogP contribution in [0, 0.1) is 0 Å². The Kier molecular flexibility index (Phi) is 8.28. The minimum absolute atomic E-state index is 0.942. The van der Waals surface area contributed by atoms with E-state index in [1.165, 1.54) is 115 Å². The maximum Gasteiger partial charge on any atom is 0.0971 e. The Labute approximate surface area is 386 Å². The van der Waals surface area contributed by atoms with Crippen molar-refractivity contribution >= 4 is 86.7 Å². The second-order valence-corrected chi connectivity index (χ2v) is 17.8. The van der Waals surface area contributed by atoms with Crippen LogP contribution in [0.1, 0.15) is 0 Å². The summed E-state index contributed by atoms with van der Waals surface area (Å²) >= 11 is 0. The van der Waals surface area contributed by atoms with Gasteiger partial charge >= 0.3 is 0 Å². The van der Waals surface area contributed by atoms with Gasteiger partial charge in [-0.3, -0.25) is 9.97 Å². The molecule has 310 valence electrons. The highest BCUT2D eigenvalue weighted by molar-refractivity contribution is 6.23. The first-order valence-corrected chi connectivity index (χ1v) is 22.9. The van der Waals surface area contributed by atoms with E-state index in [1.54, 1.807) is 12.4 Å². The van der Waals surface area contributed by atoms with Crippen LogP contribution in [-0.2, 0) is 0 Å². The molecule has 0 saturated heterocycles. The lowest BCUT2D eigenvalue weighted by atomic mass is 9.93. The maximum absolute atomic E-state index is 4.74. The average molecular weight is 850 g/mol. The number of rotatable bonds is 5. The first kappa shape index (κ1) is 37.5. The summed E-state index contributed by atoms with van der Waals surface area (Å²) in [6.07, 6.45) is 3.56. The molecule has 2 heterocycles. The van der Waals surface area contributed by atoms with E-state index >= 15 is 0 Å². The Hall–Kier alpha value is -8.92. The molecule has 0 aliphatic heterocycles. The molecule has 0 fully saturated rings. The Morgan fingerprint density at radius 3 is 1.10 bits per heavy atom. The zero-order valence-corrected chi connectivity index (χ0v) is 36.4. The van der Waals surface area contributed by atoms with Crippen LogP contribution in [0.15, 0.2) is 237 Å². The molecule has 0 spiro atoms. The molecule has 14 aromatic rings. The number of para-hydroxylation sites is 2. The first-order valence-electron chi connectivity index (χ1n) is 22.9. The number of fused-ring (bicyclic) bond motifs is 12. The standard InChI is InChI=1S/C64H39N3/c1-2-8-54(9-3-1)67-61-13-7-6-11-56(61)60-39-53(27-29-62(60)67)51-25-23-47-35-45(19-21-49(47)37-51)43-17-15-40-32-42(16-14-41(40)33-43)44-18-20-48-36-50(24-22-46(48)34-44)52-26-28-58-59(38-52)55-10-4-5-12-57(55)63-64(58)66-31-30-65-63/h1-39H. The van der Waals surface area contributed by atoms with Crippen LogP contribution in [0.5, 0.6) is 0 Å². The van der Waals surface area contributed by atoms with Gasteiger partial charge in [0, 0.05) is 39.6 Å². The molecule has 67 heavy (non-hydrogen) atoms. The van der Waals surface area contributed by atoms with Gasteiger partial charge in [-0.25, -0.2) is 0 Å². The van der Waals surface area contributed by atoms with E-state index in [0.717, 1.165) is 21.8 Å². The molecule has 0 amide bonds. The van der Waals surface area contributed by atoms with Gasteiger partial charge in [-0.15, -0.1) is 0 Å². The van der Waals surface area contributed by atoms with E-state index in [-0.39, 0.29) is 0 Å². The summed E-state index contributed by atoms with van der Waals surface area (Å²) in [6.45, 7) is 0. The fourth-order valence-electron chi connectivity index (χ4n) is 10.6. The second kappa shape index (κ2) is 14.8. The van der Waals surface area contributed by atoms with Crippen molar-refractivity contribution in [3.8, 4) is 50.2 Å². The van der Waals surface area contributed by atoms with Gasteiger partial charge in [-0.2, -0.15) is 0 Å². The predicted molar refractivity (Wildman–Crippen MR) is 283 cm³/mol. The SMILES string of the molecule is c1ccc(-n2c3ccccc3c3cc(-c4ccc5cc(-c6ccc7cc(-c8ccc9cc(-c%10ccc%11c(c%10)c%10ccccc%10c%10nccnc%11%10)ccc9c8)ccc7c6)ccc5c4)ccc32)cc1. The van der Waals surface area contributed by atoms with Gasteiger partial charge < -0.3 is 4.57 Å². The molecule has 0 bridgehead atoms. The molecule has 0 aliphatic rings. The molecular formula is C64H39N3. The largest absolute Gasteiger partial charge is 0.309 e. The second-order valence-electron chi connectivity index (χ2n) is 17.8. The van der Waals surface area contributed by atoms with Gasteiger partial charge in [0.1, 0.15) is 0 Å². The highest BCUT2D eigenvalue weighted by Crippen LogP contribution is 2.39. The minimum atomic E-state index is 0.942. The molecule has 0 unspecified atom stereocenters. The van der Waals surface area contributed by atoms with Crippen LogP contribution in [0.25, 0.3) is 137 Å². The van der Waals surface area contributed by atoms with E-state index in [1.807, 2.05) is 0 Å². The van der Waals surface area contributed by atoms with Gasteiger partial charge in [0.05, 0.1) is 22.1 Å². The highest BCUT2D eigenvalue weighted by Gasteiger charge is 2.15. The highest BCUT2D eigenvalue weighted by atomic mass is 15.0. The van der Waals surface area contributed by atoms with E-state index in [9.17, 15) is 0 Å². The summed E-state index contributed by atoms with van der Waals surface area (Å²) in [7, 11) is 0. The van der Waals surface area contributed by atoms with E-state index in [0.29, 0.717) is 0 Å². The molecule has 0 aliphatic carbocycles. The van der Waals surface area contributed by atoms with E-state index in [2.05, 4.69) is 229 Å². The number of nitrogens with zero attached hydrogens (tertiary/aromatic N) is 3. The van der Waals surface area contributed by atoms with Gasteiger partial charge in [-0.05, 0) is 160 Å². The van der Waals surface area contributed by atoms with Crippen LogP contribution in [-0.4, -0.2) is 14.5 Å². The van der Waals surface area contributed by atoms with Crippen molar-refractivity contribution in [3.63, 3.8) is 0 Å². The smallest absolute Gasteiger partial charge is 0.0971 e. The molecule has 2 aromatic heterocycles. The van der Waals surface area contributed by atoms with Gasteiger partial charge in [0.15, 0.2) is 0 Å². The van der Waals surface area contributed by atoms with Crippen molar-refractivity contribution < 1.29 is 0 Å². The lowest BCUT2D eigenvalue weighted by molar-refractivity contribution is 1.18. The zero-order valence-electron chi connectivity index (χ0n) is 36.4. The van der Waals surface area contributed by atoms with E-state index < -0.39 is 0 Å². The Bertz CT molecular complexity index is 4300. The van der Waals surface area contributed by atoms with E-state index in [4.69, 9.17) is 9.97 Å². The average Bonchev–Trinajstić information content (AvgIpc) is 3.74. The zero-order chi connectivity index (χ0) is 44.0. The van der Waals surface area contributed by atoms with Crippen molar-refractivity contribution in [3.05, 3.63) is 237 Å². The summed E-state index contributed by atoms with van der Waals surface area (Å²) in [5.41, 5.74) is 15.2. The topological polar surface area (TPSA) is 30.7 Å². The number of aromatic nitrogens is 3. The third kappa shape index (κ3) is 6.13. The third-order valence-electron chi connectivity index (χ3n) is 14.0. The summed E-state index contributed by atoms with van der Waals surface area (Å²) in [4.78, 5) is 9.44. The molecular weight excluding hydrogens is 811 g/mol.